The van der Waals surface area contributed by atoms with Crippen molar-refractivity contribution in [3.05, 3.63) is 11.9 Å². The first-order valence-electron chi connectivity index (χ1n) is 4.77. The Morgan fingerprint density at radius 3 is 2.92 bits per heavy atom. The van der Waals surface area contributed by atoms with E-state index in [-0.39, 0.29) is 0 Å². The van der Waals surface area contributed by atoms with Gasteiger partial charge in [0.15, 0.2) is 5.95 Å². The van der Waals surface area contributed by atoms with Gasteiger partial charge in [0.1, 0.15) is 0 Å². The molecule has 1 heterocycles. The molecule has 0 aliphatic heterocycles. The Labute approximate surface area is 78.1 Å². The van der Waals surface area contributed by atoms with Crippen LogP contribution in [0.1, 0.15) is 25.0 Å². The number of hydrogen-bond donors (Lipinski definition) is 2. The summed E-state index contributed by atoms with van der Waals surface area (Å²) in [7, 11) is 1.91. The van der Waals surface area contributed by atoms with Crippen molar-refractivity contribution in [2.24, 2.45) is 7.05 Å². The quantitative estimate of drug-likeness (QED) is 0.718. The van der Waals surface area contributed by atoms with Gasteiger partial charge in [-0.25, -0.2) is 4.98 Å². The second-order valence-electron chi connectivity index (χ2n) is 3.71. The number of aromatic nitrogens is 2. The van der Waals surface area contributed by atoms with Gasteiger partial charge in [-0.1, -0.05) is 6.42 Å². The molecule has 0 saturated heterocycles. The molecule has 1 saturated carbocycles. The van der Waals surface area contributed by atoms with Crippen LogP contribution in [-0.2, 0) is 13.6 Å². The minimum Gasteiger partial charge on any atom is -0.369 e. The van der Waals surface area contributed by atoms with E-state index >= 15 is 0 Å². The molecule has 0 spiro atoms. The van der Waals surface area contributed by atoms with E-state index in [2.05, 4.69) is 10.3 Å². The third kappa shape index (κ3) is 1.83. The molecule has 1 aliphatic carbocycles. The lowest BCUT2D eigenvalue weighted by Crippen LogP contribution is -2.34. The first-order chi connectivity index (χ1) is 6.25. The number of hydrogen-bond acceptors (Lipinski definition) is 3. The van der Waals surface area contributed by atoms with Crippen LogP contribution in [0.25, 0.3) is 0 Å². The molecule has 13 heavy (non-hydrogen) atoms. The van der Waals surface area contributed by atoms with Gasteiger partial charge in [-0.3, -0.25) is 0 Å². The van der Waals surface area contributed by atoms with Gasteiger partial charge >= 0.3 is 0 Å². The van der Waals surface area contributed by atoms with Gasteiger partial charge < -0.3 is 15.6 Å². The van der Waals surface area contributed by atoms with E-state index in [4.69, 9.17) is 5.73 Å². The van der Waals surface area contributed by atoms with Crippen molar-refractivity contribution in [3.63, 3.8) is 0 Å². The number of rotatable bonds is 3. The van der Waals surface area contributed by atoms with Crippen LogP contribution in [0.15, 0.2) is 6.20 Å². The van der Waals surface area contributed by atoms with Crippen molar-refractivity contribution in [3.8, 4) is 0 Å². The number of anilines is 1. The molecule has 4 heteroatoms. The zero-order valence-corrected chi connectivity index (χ0v) is 7.95. The number of nitrogens with two attached hydrogens (primary N) is 1. The minimum atomic E-state index is 0.588. The van der Waals surface area contributed by atoms with E-state index < -0.39 is 0 Å². The SMILES string of the molecule is Cn1cc(CNC2CCC2)nc1N. The molecule has 2 rings (SSSR count). The third-order valence-electron chi connectivity index (χ3n) is 2.64. The number of nitrogens with zero attached hydrogens (tertiary/aromatic N) is 2. The van der Waals surface area contributed by atoms with E-state index in [1.54, 1.807) is 0 Å². The highest BCUT2D eigenvalue weighted by Crippen LogP contribution is 2.18. The third-order valence-corrected chi connectivity index (χ3v) is 2.64. The van der Waals surface area contributed by atoms with Crippen molar-refractivity contribution in [2.45, 2.75) is 31.8 Å². The Bertz CT molecular complexity index is 268. The van der Waals surface area contributed by atoms with E-state index in [0.717, 1.165) is 12.2 Å². The van der Waals surface area contributed by atoms with Crippen LogP contribution in [0.3, 0.4) is 0 Å². The fourth-order valence-electron chi connectivity index (χ4n) is 1.49. The average Bonchev–Trinajstić information content (AvgIpc) is 2.28. The van der Waals surface area contributed by atoms with E-state index in [0.29, 0.717) is 12.0 Å². The Morgan fingerprint density at radius 2 is 2.46 bits per heavy atom. The van der Waals surface area contributed by atoms with Gasteiger partial charge in [0.2, 0.25) is 0 Å². The van der Waals surface area contributed by atoms with Gasteiger partial charge in [-0.05, 0) is 12.8 Å². The fraction of sp³-hybridized carbons (Fsp3) is 0.667. The van der Waals surface area contributed by atoms with Crippen LogP contribution in [0.5, 0.6) is 0 Å². The summed E-state index contributed by atoms with van der Waals surface area (Å²) in [5.74, 6) is 0.588. The molecular formula is C9H16N4. The predicted octanol–water partition coefficient (Wildman–Crippen LogP) is 0.644. The first kappa shape index (κ1) is 8.56. The number of nitrogens with one attached hydrogen (secondary N) is 1. The Balaban J connectivity index is 1.86. The summed E-state index contributed by atoms with van der Waals surface area (Å²) in [4.78, 5) is 4.22. The molecule has 0 unspecified atom stereocenters. The van der Waals surface area contributed by atoms with Gasteiger partial charge in [0.05, 0.1) is 5.69 Å². The molecular weight excluding hydrogens is 164 g/mol. The number of aryl methyl sites for hydroxylation is 1. The lowest BCUT2D eigenvalue weighted by molar-refractivity contribution is 0.337. The summed E-state index contributed by atoms with van der Waals surface area (Å²) in [6, 6.07) is 0.711. The second-order valence-corrected chi connectivity index (χ2v) is 3.71. The van der Waals surface area contributed by atoms with E-state index in [1.807, 2.05) is 17.8 Å². The Morgan fingerprint density at radius 1 is 1.69 bits per heavy atom. The largest absolute Gasteiger partial charge is 0.369 e. The molecule has 0 radical (unpaired) electrons. The molecule has 0 aromatic carbocycles. The van der Waals surface area contributed by atoms with Crippen LogP contribution in [0.2, 0.25) is 0 Å². The zero-order chi connectivity index (χ0) is 9.26. The normalized spacial score (nSPS) is 17.3. The Hall–Kier alpha value is -1.03. The summed E-state index contributed by atoms with van der Waals surface area (Å²) >= 11 is 0. The van der Waals surface area contributed by atoms with Crippen molar-refractivity contribution < 1.29 is 0 Å². The smallest absolute Gasteiger partial charge is 0.200 e. The highest BCUT2D eigenvalue weighted by Gasteiger charge is 2.16. The molecule has 1 aromatic rings. The van der Waals surface area contributed by atoms with Crippen LogP contribution in [-0.4, -0.2) is 15.6 Å². The standard InChI is InChI=1S/C9H16N4/c1-13-6-8(12-9(13)10)5-11-7-3-2-4-7/h6-7,11H,2-5H2,1H3,(H2,10,12). The number of nitrogen functional groups attached to an aromatic ring is 1. The maximum atomic E-state index is 5.62. The monoisotopic (exact) mass is 180 g/mol. The summed E-state index contributed by atoms with van der Waals surface area (Å²) < 4.78 is 1.85. The molecule has 1 fully saturated rings. The molecule has 72 valence electrons. The summed E-state index contributed by atoms with van der Waals surface area (Å²) in [6.07, 6.45) is 5.95. The lowest BCUT2D eigenvalue weighted by Gasteiger charge is -2.26. The van der Waals surface area contributed by atoms with Gasteiger partial charge in [0.25, 0.3) is 0 Å². The summed E-state index contributed by atoms with van der Waals surface area (Å²) in [5.41, 5.74) is 6.65. The van der Waals surface area contributed by atoms with Crippen molar-refractivity contribution in [1.82, 2.24) is 14.9 Å². The van der Waals surface area contributed by atoms with Crippen LogP contribution >= 0.6 is 0 Å². The molecule has 1 aromatic heterocycles. The molecule has 0 atom stereocenters. The van der Waals surface area contributed by atoms with Gasteiger partial charge in [0, 0.05) is 25.8 Å². The maximum Gasteiger partial charge on any atom is 0.200 e. The predicted molar refractivity (Wildman–Crippen MR) is 52.1 cm³/mol. The van der Waals surface area contributed by atoms with Crippen LogP contribution < -0.4 is 11.1 Å². The minimum absolute atomic E-state index is 0.588. The van der Waals surface area contributed by atoms with Crippen molar-refractivity contribution >= 4 is 5.95 Å². The Kier molecular flexibility index (Phi) is 2.22. The maximum absolute atomic E-state index is 5.62. The van der Waals surface area contributed by atoms with Crippen LogP contribution in [0.4, 0.5) is 5.95 Å². The van der Waals surface area contributed by atoms with E-state index in [1.165, 1.54) is 19.3 Å². The molecule has 0 bridgehead atoms. The molecule has 4 nitrogen and oxygen atoms in total. The molecule has 3 N–H and O–H groups in total. The van der Waals surface area contributed by atoms with Crippen molar-refractivity contribution in [2.75, 3.05) is 5.73 Å². The number of imidazole rings is 1. The highest BCUT2D eigenvalue weighted by molar-refractivity contribution is 5.21. The van der Waals surface area contributed by atoms with Gasteiger partial charge in [-0.15, -0.1) is 0 Å². The van der Waals surface area contributed by atoms with Gasteiger partial charge in [-0.2, -0.15) is 0 Å². The molecule has 0 amide bonds. The lowest BCUT2D eigenvalue weighted by atomic mass is 9.93. The van der Waals surface area contributed by atoms with Crippen LogP contribution in [0, 0.1) is 0 Å². The average molecular weight is 180 g/mol. The first-order valence-corrected chi connectivity index (χ1v) is 4.77. The van der Waals surface area contributed by atoms with E-state index in [9.17, 15) is 0 Å². The second kappa shape index (κ2) is 3.38. The van der Waals surface area contributed by atoms with Crippen molar-refractivity contribution in [1.29, 1.82) is 0 Å². The topological polar surface area (TPSA) is 55.9 Å². The fourth-order valence-corrected chi connectivity index (χ4v) is 1.49. The summed E-state index contributed by atoms with van der Waals surface area (Å²) in [5, 5.41) is 3.44. The summed E-state index contributed by atoms with van der Waals surface area (Å²) in [6.45, 7) is 0.843. The molecule has 1 aliphatic rings. The zero-order valence-electron chi connectivity index (χ0n) is 7.95. The highest BCUT2D eigenvalue weighted by atomic mass is 15.1.